The monoisotopic (exact) mass is 324 g/mol. The van der Waals surface area contributed by atoms with E-state index < -0.39 is 0 Å². The maximum Gasteiger partial charge on any atom is 0.306 e. The highest BCUT2D eigenvalue weighted by Gasteiger charge is 2.12. The number of carbonyl (C=O) groups excluding carboxylic acids is 2. The van der Waals surface area contributed by atoms with Crippen molar-refractivity contribution in [1.29, 1.82) is 0 Å². The van der Waals surface area contributed by atoms with Crippen molar-refractivity contribution in [2.75, 3.05) is 39.3 Å². The highest BCUT2D eigenvalue weighted by Crippen LogP contribution is 2.12. The first-order valence-electron chi connectivity index (χ1n) is 7.52. The van der Waals surface area contributed by atoms with Gasteiger partial charge in [-0.2, -0.15) is 0 Å². The molecule has 22 heavy (non-hydrogen) atoms. The number of esters is 1. The quantitative estimate of drug-likeness (QED) is 0.611. The van der Waals surface area contributed by atoms with Crippen LogP contribution in [0, 0.1) is 0 Å². The van der Waals surface area contributed by atoms with Gasteiger partial charge in [0.15, 0.2) is 5.78 Å². The average molecular weight is 325 g/mol. The Kier molecular flexibility index (Phi) is 6.83. The Morgan fingerprint density at radius 2 is 1.82 bits per heavy atom. The molecule has 0 radical (unpaired) electrons. The molecule has 1 aliphatic heterocycles. The molecule has 1 aliphatic rings. The van der Waals surface area contributed by atoms with E-state index in [1.54, 1.807) is 24.3 Å². The van der Waals surface area contributed by atoms with Crippen LogP contribution < -0.4 is 5.32 Å². The maximum atomic E-state index is 11.9. The number of nitrogens with one attached hydrogen (secondary N) is 1. The molecule has 5 nitrogen and oxygen atoms in total. The van der Waals surface area contributed by atoms with Gasteiger partial charge in [-0.25, -0.2) is 0 Å². The van der Waals surface area contributed by atoms with Crippen LogP contribution in [0.25, 0.3) is 0 Å². The van der Waals surface area contributed by atoms with E-state index in [-0.39, 0.29) is 24.6 Å². The number of benzene rings is 1. The number of nitrogens with zero attached hydrogens (tertiary/aromatic N) is 1. The molecule has 2 rings (SSSR count). The van der Waals surface area contributed by atoms with Crippen molar-refractivity contribution in [2.45, 2.75) is 12.8 Å². The Labute approximate surface area is 135 Å². The van der Waals surface area contributed by atoms with Gasteiger partial charge < -0.3 is 10.1 Å². The lowest BCUT2D eigenvalue weighted by atomic mass is 10.1. The predicted octanol–water partition coefficient (Wildman–Crippen LogP) is 1.75. The van der Waals surface area contributed by atoms with E-state index in [1.165, 1.54) is 0 Å². The number of carbonyl (C=O) groups is 2. The van der Waals surface area contributed by atoms with Crippen molar-refractivity contribution >= 4 is 23.4 Å². The van der Waals surface area contributed by atoms with E-state index in [4.69, 9.17) is 16.3 Å². The molecule has 6 heteroatoms. The fraction of sp³-hybridized carbons (Fsp3) is 0.500. The third-order valence-corrected chi connectivity index (χ3v) is 3.85. The Bertz CT molecular complexity index is 499. The molecule has 0 aromatic heterocycles. The first kappa shape index (κ1) is 16.9. The van der Waals surface area contributed by atoms with E-state index in [9.17, 15) is 9.59 Å². The Morgan fingerprint density at radius 1 is 1.14 bits per heavy atom. The first-order chi connectivity index (χ1) is 10.6. The zero-order valence-corrected chi connectivity index (χ0v) is 13.3. The van der Waals surface area contributed by atoms with Crippen molar-refractivity contribution in [3.8, 4) is 0 Å². The number of Topliss-reactive ketones (excluding diaryl/α,β-unsaturated/α-hetero) is 1. The molecular weight excluding hydrogens is 304 g/mol. The molecule has 1 fully saturated rings. The molecule has 0 amide bonds. The predicted molar refractivity (Wildman–Crippen MR) is 85.3 cm³/mol. The smallest absolute Gasteiger partial charge is 0.306 e. The third kappa shape index (κ3) is 5.75. The number of ether oxygens (including phenoxy) is 1. The largest absolute Gasteiger partial charge is 0.464 e. The number of piperazine rings is 1. The number of hydrogen-bond acceptors (Lipinski definition) is 5. The molecule has 0 spiro atoms. The fourth-order valence-corrected chi connectivity index (χ4v) is 2.42. The minimum Gasteiger partial charge on any atom is -0.464 e. The summed E-state index contributed by atoms with van der Waals surface area (Å²) in [6.07, 6.45) is 0.275. The molecular formula is C16H21ClN2O3. The van der Waals surface area contributed by atoms with Crippen LogP contribution in [-0.4, -0.2) is 56.0 Å². The van der Waals surface area contributed by atoms with E-state index in [2.05, 4.69) is 10.2 Å². The van der Waals surface area contributed by atoms with Crippen LogP contribution in [0.4, 0.5) is 0 Å². The van der Waals surface area contributed by atoms with Gasteiger partial charge in [0.05, 0.1) is 6.42 Å². The highest BCUT2D eigenvalue weighted by atomic mass is 35.5. The molecule has 0 unspecified atom stereocenters. The van der Waals surface area contributed by atoms with Gasteiger partial charge in [0.25, 0.3) is 0 Å². The van der Waals surface area contributed by atoms with Crippen molar-refractivity contribution in [3.63, 3.8) is 0 Å². The van der Waals surface area contributed by atoms with Gasteiger partial charge in [-0.05, 0) is 24.3 Å². The lowest BCUT2D eigenvalue weighted by Crippen LogP contribution is -2.44. The Balaban J connectivity index is 1.62. The normalized spacial score (nSPS) is 15.5. The molecule has 1 heterocycles. The second kappa shape index (κ2) is 8.88. The van der Waals surface area contributed by atoms with Crippen molar-refractivity contribution in [1.82, 2.24) is 10.2 Å². The summed E-state index contributed by atoms with van der Waals surface area (Å²) in [5.41, 5.74) is 0.568. The average Bonchev–Trinajstić information content (AvgIpc) is 2.54. The number of halogens is 1. The highest BCUT2D eigenvalue weighted by molar-refractivity contribution is 6.30. The van der Waals surface area contributed by atoms with E-state index in [0.29, 0.717) is 17.2 Å². The summed E-state index contributed by atoms with van der Waals surface area (Å²) in [4.78, 5) is 25.8. The second-order valence-corrected chi connectivity index (χ2v) is 5.68. The number of rotatable bonds is 7. The molecule has 120 valence electrons. The zero-order valence-electron chi connectivity index (χ0n) is 12.5. The van der Waals surface area contributed by atoms with Gasteiger partial charge in [0.1, 0.15) is 6.61 Å². The van der Waals surface area contributed by atoms with Crippen LogP contribution in [0.15, 0.2) is 24.3 Å². The summed E-state index contributed by atoms with van der Waals surface area (Å²) < 4.78 is 5.18. The summed E-state index contributed by atoms with van der Waals surface area (Å²) in [5, 5.41) is 3.86. The van der Waals surface area contributed by atoms with Crippen molar-refractivity contribution < 1.29 is 14.3 Å². The van der Waals surface area contributed by atoms with Gasteiger partial charge in [0, 0.05) is 49.7 Å². The number of hydrogen-bond donors (Lipinski definition) is 1. The number of ketones is 1. The molecule has 1 N–H and O–H groups in total. The summed E-state index contributed by atoms with van der Waals surface area (Å²) in [5.74, 6) is -0.395. The van der Waals surface area contributed by atoms with Crippen LogP contribution in [0.2, 0.25) is 5.02 Å². The maximum absolute atomic E-state index is 11.9. The van der Waals surface area contributed by atoms with E-state index >= 15 is 0 Å². The van der Waals surface area contributed by atoms with Gasteiger partial charge in [0.2, 0.25) is 0 Å². The summed E-state index contributed by atoms with van der Waals surface area (Å²) in [6.45, 7) is 5.04. The Morgan fingerprint density at radius 3 is 2.50 bits per heavy atom. The topological polar surface area (TPSA) is 58.6 Å². The molecule has 0 aliphatic carbocycles. The van der Waals surface area contributed by atoms with Crippen molar-refractivity contribution in [2.24, 2.45) is 0 Å². The van der Waals surface area contributed by atoms with Crippen LogP contribution in [0.1, 0.15) is 23.2 Å². The zero-order chi connectivity index (χ0) is 15.8. The van der Waals surface area contributed by atoms with Crippen LogP contribution in [-0.2, 0) is 9.53 Å². The minimum absolute atomic E-state index is 0.0734. The first-order valence-corrected chi connectivity index (χ1v) is 7.90. The lowest BCUT2D eigenvalue weighted by molar-refractivity contribution is -0.144. The molecule has 0 atom stereocenters. The van der Waals surface area contributed by atoms with E-state index in [1.807, 2.05) is 0 Å². The van der Waals surface area contributed by atoms with Gasteiger partial charge >= 0.3 is 5.97 Å². The molecule has 0 saturated carbocycles. The van der Waals surface area contributed by atoms with E-state index in [0.717, 1.165) is 32.7 Å². The van der Waals surface area contributed by atoms with Crippen molar-refractivity contribution in [3.05, 3.63) is 34.9 Å². The molecule has 1 aromatic rings. The standard InChI is InChI=1S/C16H21ClN2O3/c17-14-3-1-13(2-4-14)15(20)5-6-16(21)22-12-11-19-9-7-18-8-10-19/h1-4,18H,5-12H2. The van der Waals surface area contributed by atoms with Crippen LogP contribution in [0.3, 0.4) is 0 Å². The van der Waals surface area contributed by atoms with Gasteiger partial charge in [-0.15, -0.1) is 0 Å². The van der Waals surface area contributed by atoms with Gasteiger partial charge in [-0.1, -0.05) is 11.6 Å². The fourth-order valence-electron chi connectivity index (χ4n) is 2.29. The van der Waals surface area contributed by atoms with Crippen LogP contribution >= 0.6 is 11.6 Å². The van der Waals surface area contributed by atoms with Gasteiger partial charge in [-0.3, -0.25) is 14.5 Å². The molecule has 1 saturated heterocycles. The molecule has 0 bridgehead atoms. The third-order valence-electron chi connectivity index (χ3n) is 3.60. The lowest BCUT2D eigenvalue weighted by Gasteiger charge is -2.26. The second-order valence-electron chi connectivity index (χ2n) is 5.24. The summed E-state index contributed by atoms with van der Waals surface area (Å²) in [6, 6.07) is 6.67. The summed E-state index contributed by atoms with van der Waals surface area (Å²) in [7, 11) is 0. The summed E-state index contributed by atoms with van der Waals surface area (Å²) >= 11 is 5.77. The Hall–Kier alpha value is -1.43. The minimum atomic E-state index is -0.322. The van der Waals surface area contributed by atoms with Crippen LogP contribution in [0.5, 0.6) is 0 Å². The SMILES string of the molecule is O=C(CCC(=O)c1ccc(Cl)cc1)OCCN1CCNCC1. The molecule has 1 aromatic carbocycles.